The van der Waals surface area contributed by atoms with Gasteiger partial charge in [-0.3, -0.25) is 4.79 Å². The smallest absolute Gasteiger partial charge is 0.246 e. The van der Waals surface area contributed by atoms with Gasteiger partial charge in [-0.2, -0.15) is 4.31 Å². The number of aliphatic hydroxyl groups is 1. The first-order valence-corrected chi connectivity index (χ1v) is 10.4. The lowest BCUT2D eigenvalue weighted by atomic mass is 9.72. The van der Waals surface area contributed by atoms with Gasteiger partial charge in [-0.1, -0.05) is 12.8 Å². The fraction of sp³-hybridized carbons (Fsp3) is 0.611. The molecule has 0 radical (unpaired) electrons. The number of carbonyl (C=O) groups is 1. The van der Waals surface area contributed by atoms with E-state index in [0.29, 0.717) is 18.7 Å². The number of hydrogen-bond donors (Lipinski definition) is 2. The molecule has 2 fully saturated rings. The fourth-order valence-corrected chi connectivity index (χ4v) is 5.72. The molecule has 2 aliphatic rings. The minimum Gasteiger partial charge on any atom is -0.495 e. The van der Waals surface area contributed by atoms with Gasteiger partial charge >= 0.3 is 0 Å². The number of carbonyl (C=O) groups excluding carboxylic acids is 1. The third-order valence-electron chi connectivity index (χ3n) is 5.49. The predicted octanol–water partition coefficient (Wildman–Crippen LogP) is 1.97. The van der Waals surface area contributed by atoms with Gasteiger partial charge < -0.3 is 15.2 Å². The van der Waals surface area contributed by atoms with Crippen molar-refractivity contribution in [2.75, 3.05) is 25.5 Å². The average Bonchev–Trinajstić information content (AvgIpc) is 2.60. The van der Waals surface area contributed by atoms with E-state index in [4.69, 9.17) is 4.74 Å². The molecule has 0 spiro atoms. The second kappa shape index (κ2) is 7.17. The number of sulfonamides is 1. The number of benzene rings is 1. The molecule has 26 heavy (non-hydrogen) atoms. The van der Waals surface area contributed by atoms with Gasteiger partial charge in [0.1, 0.15) is 10.6 Å². The van der Waals surface area contributed by atoms with Crippen LogP contribution >= 0.6 is 0 Å². The number of nitrogens with zero attached hydrogens (tertiary/aromatic N) is 1. The number of methoxy groups -OCH3 is 1. The van der Waals surface area contributed by atoms with Crippen LogP contribution in [0.2, 0.25) is 0 Å². The normalized spacial score (nSPS) is 26.8. The number of rotatable bonds is 4. The molecule has 1 saturated heterocycles. The summed E-state index contributed by atoms with van der Waals surface area (Å²) < 4.78 is 33.1. The Bertz CT molecular complexity index is 795. The predicted molar refractivity (Wildman–Crippen MR) is 97.6 cm³/mol. The Morgan fingerprint density at radius 3 is 2.81 bits per heavy atom. The molecule has 0 aromatic heterocycles. The quantitative estimate of drug-likeness (QED) is 0.830. The van der Waals surface area contributed by atoms with E-state index in [2.05, 4.69) is 5.32 Å². The van der Waals surface area contributed by atoms with Gasteiger partial charge in [-0.05, 0) is 37.5 Å². The van der Waals surface area contributed by atoms with Crippen LogP contribution in [0.3, 0.4) is 0 Å². The standard InChI is InChI=1S/C18H26N2O5S/c1-13(21)19-15-6-7-16(25-2)17(11-15)26(23,24)20-10-9-18(22)8-4-3-5-14(18)12-20/h6-7,11,14,22H,3-5,8-10,12H2,1-2H3,(H,19,21). The number of anilines is 1. The van der Waals surface area contributed by atoms with E-state index in [1.807, 2.05) is 0 Å². The summed E-state index contributed by atoms with van der Waals surface area (Å²) in [5.41, 5.74) is -0.338. The molecule has 1 aliphatic heterocycles. The summed E-state index contributed by atoms with van der Waals surface area (Å²) in [6.45, 7) is 1.96. The van der Waals surface area contributed by atoms with E-state index >= 15 is 0 Å². The largest absolute Gasteiger partial charge is 0.495 e. The Morgan fingerprint density at radius 2 is 2.12 bits per heavy atom. The molecule has 2 unspecified atom stereocenters. The molecule has 1 aromatic carbocycles. The lowest BCUT2D eigenvalue weighted by Gasteiger charge is -2.46. The second-order valence-corrected chi connectivity index (χ2v) is 9.11. The highest BCUT2D eigenvalue weighted by Gasteiger charge is 2.46. The highest BCUT2D eigenvalue weighted by Crippen LogP contribution is 2.42. The van der Waals surface area contributed by atoms with Crippen molar-refractivity contribution < 1.29 is 23.1 Å². The van der Waals surface area contributed by atoms with Crippen LogP contribution in [0.15, 0.2) is 23.1 Å². The lowest BCUT2D eigenvalue weighted by molar-refractivity contribution is -0.114. The van der Waals surface area contributed by atoms with Crippen LogP contribution in [0.1, 0.15) is 39.0 Å². The van der Waals surface area contributed by atoms with Crippen molar-refractivity contribution in [1.82, 2.24) is 4.31 Å². The van der Waals surface area contributed by atoms with Crippen LogP contribution in [0, 0.1) is 5.92 Å². The van der Waals surface area contributed by atoms with Gasteiger partial charge in [-0.25, -0.2) is 8.42 Å². The number of ether oxygens (including phenoxy) is 1. The van der Waals surface area contributed by atoms with E-state index in [-0.39, 0.29) is 29.0 Å². The van der Waals surface area contributed by atoms with Gasteiger partial charge in [0.2, 0.25) is 15.9 Å². The van der Waals surface area contributed by atoms with E-state index in [1.165, 1.54) is 24.4 Å². The summed E-state index contributed by atoms with van der Waals surface area (Å²) in [5.74, 6) is -0.0726. The van der Waals surface area contributed by atoms with Crippen LogP contribution in [0.25, 0.3) is 0 Å². The zero-order valence-corrected chi connectivity index (χ0v) is 16.0. The Balaban J connectivity index is 1.91. The molecule has 2 N–H and O–H groups in total. The first-order chi connectivity index (χ1) is 12.3. The third-order valence-corrected chi connectivity index (χ3v) is 7.38. The summed E-state index contributed by atoms with van der Waals surface area (Å²) in [5, 5.41) is 13.4. The molecule has 1 saturated carbocycles. The summed E-state index contributed by atoms with van der Waals surface area (Å²) >= 11 is 0. The van der Waals surface area contributed by atoms with Gasteiger partial charge in [0.05, 0.1) is 12.7 Å². The number of nitrogens with one attached hydrogen (secondary N) is 1. The highest BCUT2D eigenvalue weighted by molar-refractivity contribution is 7.89. The van der Waals surface area contributed by atoms with Crippen LogP contribution in [-0.2, 0) is 14.8 Å². The van der Waals surface area contributed by atoms with E-state index in [0.717, 1.165) is 25.7 Å². The van der Waals surface area contributed by atoms with E-state index < -0.39 is 15.6 Å². The molecule has 8 heteroatoms. The molecule has 1 amide bonds. The van der Waals surface area contributed by atoms with Gasteiger partial charge in [-0.15, -0.1) is 0 Å². The molecule has 1 aromatic rings. The number of piperidine rings is 1. The van der Waals surface area contributed by atoms with Crippen LogP contribution < -0.4 is 10.1 Å². The van der Waals surface area contributed by atoms with Crippen molar-refractivity contribution in [3.8, 4) is 5.75 Å². The molecule has 1 aliphatic carbocycles. The molecule has 3 rings (SSSR count). The Morgan fingerprint density at radius 1 is 1.35 bits per heavy atom. The Kier molecular flexibility index (Phi) is 5.28. The minimum absolute atomic E-state index is 0.0347. The number of fused-ring (bicyclic) bond motifs is 1. The topological polar surface area (TPSA) is 95.9 Å². The molecular formula is C18H26N2O5S. The first-order valence-electron chi connectivity index (χ1n) is 8.94. The van der Waals surface area contributed by atoms with Crippen molar-refractivity contribution in [2.24, 2.45) is 5.92 Å². The van der Waals surface area contributed by atoms with Crippen molar-refractivity contribution in [1.29, 1.82) is 0 Å². The minimum atomic E-state index is -3.79. The van der Waals surface area contributed by atoms with Gasteiger partial charge in [0.15, 0.2) is 0 Å². The molecule has 0 bridgehead atoms. The van der Waals surface area contributed by atoms with Crippen molar-refractivity contribution in [3.63, 3.8) is 0 Å². The molecule has 7 nitrogen and oxygen atoms in total. The zero-order chi connectivity index (χ0) is 18.9. The number of amides is 1. The monoisotopic (exact) mass is 382 g/mol. The molecule has 144 valence electrons. The van der Waals surface area contributed by atoms with E-state index in [1.54, 1.807) is 12.1 Å². The summed E-state index contributed by atoms with van der Waals surface area (Å²) in [7, 11) is -2.38. The maximum Gasteiger partial charge on any atom is 0.246 e. The highest BCUT2D eigenvalue weighted by atomic mass is 32.2. The van der Waals surface area contributed by atoms with Crippen LogP contribution in [0.5, 0.6) is 5.75 Å². The lowest BCUT2D eigenvalue weighted by Crippen LogP contribution is -2.54. The van der Waals surface area contributed by atoms with Crippen molar-refractivity contribution in [3.05, 3.63) is 18.2 Å². The summed E-state index contributed by atoms with van der Waals surface area (Å²) in [4.78, 5) is 11.3. The maximum atomic E-state index is 13.2. The van der Waals surface area contributed by atoms with E-state index in [9.17, 15) is 18.3 Å². The van der Waals surface area contributed by atoms with Gasteiger partial charge in [0.25, 0.3) is 0 Å². The zero-order valence-electron chi connectivity index (χ0n) is 15.2. The second-order valence-electron chi connectivity index (χ2n) is 7.21. The van der Waals surface area contributed by atoms with Crippen molar-refractivity contribution in [2.45, 2.75) is 49.5 Å². The van der Waals surface area contributed by atoms with Crippen LogP contribution in [-0.4, -0.2) is 49.5 Å². The SMILES string of the molecule is COc1ccc(NC(C)=O)cc1S(=O)(=O)N1CCC2(O)CCCCC2C1. The number of hydrogen-bond acceptors (Lipinski definition) is 5. The first kappa shape index (κ1) is 19.1. The fourth-order valence-electron chi connectivity index (χ4n) is 4.06. The van der Waals surface area contributed by atoms with Gasteiger partial charge in [0, 0.05) is 31.6 Å². The summed E-state index contributed by atoms with van der Waals surface area (Å²) in [6, 6.07) is 4.58. The molecule has 1 heterocycles. The maximum absolute atomic E-state index is 13.2. The molecule has 2 atom stereocenters. The van der Waals surface area contributed by atoms with Crippen LogP contribution in [0.4, 0.5) is 5.69 Å². The Hall–Kier alpha value is -1.64. The Labute approximate surface area is 154 Å². The third kappa shape index (κ3) is 3.58. The summed E-state index contributed by atoms with van der Waals surface area (Å²) in [6.07, 6.45) is 4.04. The molecular weight excluding hydrogens is 356 g/mol. The average molecular weight is 382 g/mol. The van der Waals surface area contributed by atoms with Crippen molar-refractivity contribution >= 4 is 21.6 Å².